The summed E-state index contributed by atoms with van der Waals surface area (Å²) >= 11 is 0. The highest BCUT2D eigenvalue weighted by atomic mass is 16.8. The second-order valence-corrected chi connectivity index (χ2v) is 20.9. The fourth-order valence-corrected chi connectivity index (χ4v) is 10.2. The van der Waals surface area contributed by atoms with Gasteiger partial charge in [0.25, 0.3) is 0 Å². The number of hydrogen-bond donors (Lipinski definition) is 24. The Hall–Kier alpha value is -2.42. The molecule has 24 N–H and O–H groups in total. The van der Waals surface area contributed by atoms with Crippen LogP contribution in [0.2, 0.25) is 0 Å². The molecule has 2 amide bonds. The largest absolute Gasteiger partial charge is 0.394 e. The third-order valence-corrected chi connectivity index (χ3v) is 15.0. The Labute approximate surface area is 475 Å². The molecule has 34 atom stereocenters. The van der Waals surface area contributed by atoms with Gasteiger partial charge >= 0.3 is 0 Å². The van der Waals surface area contributed by atoms with Gasteiger partial charge < -0.3 is 180 Å². The molecule has 0 bridgehead atoms. The van der Waals surface area contributed by atoms with Gasteiger partial charge in [0.15, 0.2) is 37.7 Å². The standard InChI is InChI=1S/C46H80N2O36/c1-11(55)47-13(3-49)22(58)37(14(57)4-50)81-45-36(72)39(83-46-40(32(68)26(62)18(8-54)78-46)84-41-21(48-12(2)56)29(65)23(59)15(5-51)75-41)28(64)20(80-45)10-74-43-35(71)38(82-44-34(70)31(67)25(61)17(7-53)77-44)27(63)19(79-43)9-73-42-33(69)30(66)24(60)16(6-52)76-42/h13-46,49-54,57-72H,3-10H2,1-2H3,(H,47,55)(H,48,56)/t13-,14+,15+,16+,17+,18+,19+,20+,21+,22+,23+,24+,25+,26+,27+,28+,29+,30-,31-,32-,33-,34-,35-,36-,37+,38-,39-,40-,41-,42-,43-,44+,45-,46+/m0/s1. The molecule has 84 heavy (non-hydrogen) atoms. The van der Waals surface area contributed by atoms with Gasteiger partial charge in [-0.1, -0.05) is 0 Å². The predicted octanol–water partition coefficient (Wildman–Crippen LogP) is -16.4. The molecular weight excluding hydrogens is 1160 g/mol. The third-order valence-electron chi connectivity index (χ3n) is 15.0. The molecule has 0 aromatic heterocycles. The monoisotopic (exact) mass is 1240 g/mol. The predicted molar refractivity (Wildman–Crippen MR) is 257 cm³/mol. The minimum Gasteiger partial charge on any atom is -0.394 e. The highest BCUT2D eigenvalue weighted by Crippen LogP contribution is 2.36. The van der Waals surface area contributed by atoms with E-state index in [0.29, 0.717) is 0 Å². The van der Waals surface area contributed by atoms with Crippen LogP contribution in [0.1, 0.15) is 13.8 Å². The Morgan fingerprint density at radius 2 is 0.798 bits per heavy atom. The lowest BCUT2D eigenvalue weighted by Crippen LogP contribution is -2.69. The van der Waals surface area contributed by atoms with E-state index in [4.69, 9.17) is 56.8 Å². The van der Waals surface area contributed by atoms with Crippen LogP contribution in [-0.4, -0.2) is 386 Å². The third kappa shape index (κ3) is 15.9. The van der Waals surface area contributed by atoms with Crippen LogP contribution in [0.25, 0.3) is 0 Å². The van der Waals surface area contributed by atoms with Gasteiger partial charge in [-0.3, -0.25) is 9.59 Å². The molecule has 6 heterocycles. The fourth-order valence-electron chi connectivity index (χ4n) is 10.2. The van der Waals surface area contributed by atoms with Crippen molar-refractivity contribution in [2.75, 3.05) is 52.9 Å². The molecule has 6 aliphatic rings. The van der Waals surface area contributed by atoms with Crippen molar-refractivity contribution >= 4 is 11.8 Å². The zero-order valence-electron chi connectivity index (χ0n) is 44.8. The summed E-state index contributed by atoms with van der Waals surface area (Å²) in [4.78, 5) is 24.3. The smallest absolute Gasteiger partial charge is 0.217 e. The number of rotatable bonds is 25. The zero-order chi connectivity index (χ0) is 62.3. The molecule has 6 rings (SSSR count). The number of aliphatic hydroxyl groups excluding tert-OH is 22. The molecule has 6 fully saturated rings. The summed E-state index contributed by atoms with van der Waals surface area (Å²) in [6, 6.07) is -3.40. The van der Waals surface area contributed by atoms with Gasteiger partial charge in [-0.2, -0.15) is 0 Å². The van der Waals surface area contributed by atoms with E-state index in [0.717, 1.165) is 13.8 Å². The molecule has 0 radical (unpaired) electrons. The van der Waals surface area contributed by atoms with Crippen LogP contribution < -0.4 is 10.6 Å². The lowest BCUT2D eigenvalue weighted by Gasteiger charge is -2.49. The van der Waals surface area contributed by atoms with Crippen LogP contribution in [0.4, 0.5) is 0 Å². The maximum atomic E-state index is 12.3. The SMILES string of the molecule is CC(=O)N[C@H]1[C@H](O[C@@H]2[C@@H](O[C@@H]3[C@H](O)[C@H](O[C@@H]([C@H](O)[C@H](CO)NC(C)=O)[C@H](O)CO)O[C@H](CO[C@H]4O[C@H](CO[C@H]5O[C@H](CO)[C@@H](O)[C@H](O)[C@@H]5O)[C@@H](O)[C@H](O[C@H]5O[C@H](CO)[C@@H](O)[C@H](O)[C@@H]5O)[C@@H]4O)[C@H]3O)O[C@H](CO)[C@@H](O)[C@@H]2O)O[C@H](CO)[C@@H](O)[C@@H]1O. The topological polar surface area (TPSA) is 614 Å². The summed E-state index contributed by atoms with van der Waals surface area (Å²) in [5.41, 5.74) is 0. The van der Waals surface area contributed by atoms with Crippen LogP contribution in [0.5, 0.6) is 0 Å². The number of carbonyl (C=O) groups excluding carboxylic acids is 2. The lowest BCUT2D eigenvalue weighted by molar-refractivity contribution is -0.391. The van der Waals surface area contributed by atoms with Crippen LogP contribution in [0.3, 0.4) is 0 Å². The van der Waals surface area contributed by atoms with E-state index in [1.165, 1.54) is 0 Å². The highest BCUT2D eigenvalue weighted by Gasteiger charge is 2.57. The van der Waals surface area contributed by atoms with E-state index < -0.39 is 273 Å². The highest BCUT2D eigenvalue weighted by molar-refractivity contribution is 5.73. The minimum absolute atomic E-state index is 0.825. The van der Waals surface area contributed by atoms with Crippen molar-refractivity contribution in [1.29, 1.82) is 0 Å². The quantitative estimate of drug-likeness (QED) is 0.0404. The Morgan fingerprint density at radius 1 is 0.405 bits per heavy atom. The van der Waals surface area contributed by atoms with E-state index in [1.54, 1.807) is 0 Å². The first-order chi connectivity index (χ1) is 39.7. The number of aliphatic hydroxyl groups is 22. The van der Waals surface area contributed by atoms with Crippen molar-refractivity contribution in [3.63, 3.8) is 0 Å². The molecule has 0 saturated carbocycles. The second-order valence-electron chi connectivity index (χ2n) is 20.9. The first kappa shape index (κ1) is 70.7. The van der Waals surface area contributed by atoms with Crippen LogP contribution >= 0.6 is 0 Å². The maximum absolute atomic E-state index is 12.3. The molecule has 490 valence electrons. The molecule has 0 aromatic carbocycles. The molecule has 0 spiro atoms. The Balaban J connectivity index is 1.35. The van der Waals surface area contributed by atoms with Crippen LogP contribution in [0.15, 0.2) is 0 Å². The van der Waals surface area contributed by atoms with Gasteiger partial charge in [0.1, 0.15) is 165 Å². The first-order valence-electron chi connectivity index (χ1n) is 26.5. The van der Waals surface area contributed by atoms with E-state index in [2.05, 4.69) is 10.6 Å². The summed E-state index contributed by atoms with van der Waals surface area (Å²) in [5.74, 6) is -1.66. The summed E-state index contributed by atoms with van der Waals surface area (Å²) in [5, 5.41) is 241. The summed E-state index contributed by atoms with van der Waals surface area (Å²) in [6.45, 7) is -6.26. The van der Waals surface area contributed by atoms with Gasteiger partial charge in [0.05, 0.1) is 58.9 Å². The maximum Gasteiger partial charge on any atom is 0.217 e. The second kappa shape index (κ2) is 31.4. The number of amides is 2. The Kier molecular flexibility index (Phi) is 26.4. The van der Waals surface area contributed by atoms with Gasteiger partial charge in [0, 0.05) is 13.8 Å². The fraction of sp³-hybridized carbons (Fsp3) is 0.957. The summed E-state index contributed by atoms with van der Waals surface area (Å²) in [7, 11) is 0. The van der Waals surface area contributed by atoms with Gasteiger partial charge in [0.2, 0.25) is 11.8 Å². The molecule has 0 aliphatic carbocycles. The van der Waals surface area contributed by atoms with Crippen molar-refractivity contribution < 1.29 is 179 Å². The van der Waals surface area contributed by atoms with Crippen molar-refractivity contribution in [2.45, 2.75) is 222 Å². The molecule has 6 aliphatic heterocycles. The van der Waals surface area contributed by atoms with E-state index >= 15 is 0 Å². The normalized spacial score (nSPS) is 46.4. The average molecular weight is 1240 g/mol. The summed E-state index contributed by atoms with van der Waals surface area (Å²) in [6.07, 6.45) is -65.6. The molecule has 6 saturated heterocycles. The molecule has 38 heteroatoms. The number of nitrogens with one attached hydrogen (secondary N) is 2. The van der Waals surface area contributed by atoms with Crippen molar-refractivity contribution in [3.8, 4) is 0 Å². The zero-order valence-corrected chi connectivity index (χ0v) is 44.8. The van der Waals surface area contributed by atoms with E-state index in [-0.39, 0.29) is 0 Å². The molecule has 0 aromatic rings. The van der Waals surface area contributed by atoms with Crippen LogP contribution in [0, 0.1) is 0 Å². The molecule has 0 unspecified atom stereocenters. The Bertz CT molecular complexity index is 2010. The first-order valence-corrected chi connectivity index (χ1v) is 26.5. The molecule has 38 nitrogen and oxygen atoms in total. The van der Waals surface area contributed by atoms with Crippen molar-refractivity contribution in [3.05, 3.63) is 0 Å². The average Bonchev–Trinajstić information content (AvgIpc) is 2.26. The van der Waals surface area contributed by atoms with Gasteiger partial charge in [-0.15, -0.1) is 0 Å². The van der Waals surface area contributed by atoms with Crippen LogP contribution in [-0.2, 0) is 66.4 Å². The lowest BCUT2D eigenvalue weighted by atomic mass is 9.95. The number of carbonyl (C=O) groups is 2. The van der Waals surface area contributed by atoms with E-state index in [9.17, 15) is 122 Å². The molecular formula is C46H80N2O36. The van der Waals surface area contributed by atoms with Crippen molar-refractivity contribution in [1.82, 2.24) is 10.6 Å². The van der Waals surface area contributed by atoms with Gasteiger partial charge in [-0.25, -0.2) is 0 Å². The minimum atomic E-state index is -2.45. The Morgan fingerprint density at radius 3 is 1.27 bits per heavy atom. The van der Waals surface area contributed by atoms with Gasteiger partial charge in [-0.05, 0) is 0 Å². The number of hydrogen-bond acceptors (Lipinski definition) is 36. The van der Waals surface area contributed by atoms with E-state index in [1.807, 2.05) is 0 Å². The summed E-state index contributed by atoms with van der Waals surface area (Å²) < 4.78 is 68.9. The number of ether oxygens (including phenoxy) is 12. The van der Waals surface area contributed by atoms with Crippen molar-refractivity contribution in [2.24, 2.45) is 0 Å².